The van der Waals surface area contributed by atoms with Gasteiger partial charge in [-0.3, -0.25) is 9.11 Å². The Hall–Kier alpha value is -3.69. The number of benzene rings is 1. The molecule has 0 spiro atoms. The van der Waals surface area contributed by atoms with Gasteiger partial charge in [-0.25, -0.2) is 8.78 Å². The number of ether oxygens (including phenoxy) is 1. The molecule has 1 aromatic rings. The van der Waals surface area contributed by atoms with E-state index in [2.05, 4.69) is 6.58 Å². The van der Waals surface area contributed by atoms with Gasteiger partial charge in [-0.2, -0.15) is 31.7 Å². The van der Waals surface area contributed by atoms with E-state index in [0.29, 0.717) is 12.2 Å². The SMILES string of the molecule is C=C1/C=C(S(=O)(=O)O)\C=C/C/C(Oc2c(F)c(F)c(C#N)c(C#N)c2F)=C\C(S(=O)(=O)O)=C/1. The summed E-state index contributed by atoms with van der Waals surface area (Å²) in [6.07, 6.45) is 3.19. The molecule has 33 heavy (non-hydrogen) atoms. The van der Waals surface area contributed by atoms with E-state index in [4.69, 9.17) is 15.3 Å². The molecule has 2 rings (SSSR count). The van der Waals surface area contributed by atoms with Crippen LogP contribution in [-0.4, -0.2) is 25.9 Å². The molecule has 0 amide bonds. The van der Waals surface area contributed by atoms with Crippen LogP contribution in [0.1, 0.15) is 17.5 Å². The molecule has 9 nitrogen and oxygen atoms in total. The lowest BCUT2D eigenvalue weighted by atomic mass is 10.1. The Morgan fingerprint density at radius 1 is 0.879 bits per heavy atom. The van der Waals surface area contributed by atoms with Gasteiger partial charge < -0.3 is 4.74 Å². The predicted molar refractivity (Wildman–Crippen MR) is 107 cm³/mol. The molecule has 0 saturated heterocycles. The van der Waals surface area contributed by atoms with Crippen molar-refractivity contribution in [2.75, 3.05) is 0 Å². The molecular formula is C19H11F3N2O7S2. The highest BCUT2D eigenvalue weighted by Crippen LogP contribution is 2.33. The minimum absolute atomic E-state index is 0.342. The largest absolute Gasteiger partial charge is 0.455 e. The molecular weight excluding hydrogens is 489 g/mol. The van der Waals surface area contributed by atoms with Crippen molar-refractivity contribution < 1.29 is 43.8 Å². The number of allylic oxidation sites excluding steroid dienone is 6. The maximum atomic E-state index is 14.6. The minimum Gasteiger partial charge on any atom is -0.455 e. The Balaban J connectivity index is 2.75. The van der Waals surface area contributed by atoms with Crippen LogP contribution >= 0.6 is 0 Å². The molecule has 0 heterocycles. The van der Waals surface area contributed by atoms with Gasteiger partial charge in [0, 0.05) is 6.42 Å². The van der Waals surface area contributed by atoms with Crippen molar-refractivity contribution in [2.45, 2.75) is 6.42 Å². The second-order valence-corrected chi connectivity index (χ2v) is 9.03. The molecule has 0 aromatic heterocycles. The average molecular weight is 500 g/mol. The molecule has 0 bridgehead atoms. The molecule has 0 radical (unpaired) electrons. The zero-order valence-corrected chi connectivity index (χ0v) is 17.7. The third-order valence-corrected chi connectivity index (χ3v) is 5.57. The van der Waals surface area contributed by atoms with Gasteiger partial charge in [-0.1, -0.05) is 12.7 Å². The van der Waals surface area contributed by atoms with Crippen LogP contribution < -0.4 is 4.74 Å². The Morgan fingerprint density at radius 2 is 1.39 bits per heavy atom. The second-order valence-electron chi connectivity index (χ2n) is 6.18. The van der Waals surface area contributed by atoms with E-state index >= 15 is 0 Å². The van der Waals surface area contributed by atoms with Gasteiger partial charge in [-0.05, 0) is 29.9 Å². The summed E-state index contributed by atoms with van der Waals surface area (Å²) in [4.78, 5) is -1.73. The van der Waals surface area contributed by atoms with E-state index in [1.165, 1.54) is 6.07 Å². The van der Waals surface area contributed by atoms with Gasteiger partial charge in [-0.15, -0.1) is 0 Å². The van der Waals surface area contributed by atoms with Gasteiger partial charge in [0.2, 0.25) is 11.6 Å². The van der Waals surface area contributed by atoms with Crippen molar-refractivity contribution in [2.24, 2.45) is 0 Å². The Kier molecular flexibility index (Phi) is 7.31. The van der Waals surface area contributed by atoms with Crippen molar-refractivity contribution in [1.82, 2.24) is 0 Å². The van der Waals surface area contributed by atoms with Crippen LogP contribution in [-0.2, 0) is 20.2 Å². The van der Waals surface area contributed by atoms with Crippen molar-refractivity contribution >= 4 is 20.2 Å². The zero-order chi connectivity index (χ0) is 25.1. The molecule has 1 aliphatic carbocycles. The first-order chi connectivity index (χ1) is 15.2. The van der Waals surface area contributed by atoms with Crippen molar-refractivity contribution in [1.29, 1.82) is 10.5 Å². The standard InChI is InChI=1S/C19H11F3N2O7S2/c1-10-5-12(32(25,26)27)4-2-3-11(7-13(6-10)33(28,29)30)31-19-17(21)15(9-24)14(8-23)16(20)18(19)22/h2,4-7H,1,3H2,(H,25,26,27)(H,28,29,30)/b4-2-,11-7+,12-5+,13-6+. The lowest BCUT2D eigenvalue weighted by Gasteiger charge is -2.14. The molecule has 2 N–H and O–H groups in total. The summed E-state index contributed by atoms with van der Waals surface area (Å²) in [5.74, 6) is -7.86. The van der Waals surface area contributed by atoms with Gasteiger partial charge in [0.15, 0.2) is 11.6 Å². The summed E-state index contributed by atoms with van der Waals surface area (Å²) >= 11 is 0. The summed E-state index contributed by atoms with van der Waals surface area (Å²) in [6, 6.07) is 2.32. The topological polar surface area (TPSA) is 166 Å². The van der Waals surface area contributed by atoms with Gasteiger partial charge in [0.25, 0.3) is 20.2 Å². The normalized spacial score (nSPS) is 20.7. The van der Waals surface area contributed by atoms with Gasteiger partial charge in [0.1, 0.15) is 29.0 Å². The number of hydrogen-bond acceptors (Lipinski definition) is 7. The van der Waals surface area contributed by atoms with E-state index in [-0.39, 0.29) is 5.57 Å². The van der Waals surface area contributed by atoms with Crippen molar-refractivity contribution in [3.8, 4) is 17.9 Å². The molecule has 0 fully saturated rings. The maximum Gasteiger partial charge on any atom is 0.294 e. The maximum absolute atomic E-state index is 14.6. The number of nitrogens with zero attached hydrogens (tertiary/aromatic N) is 2. The third-order valence-electron chi connectivity index (χ3n) is 3.89. The van der Waals surface area contributed by atoms with Crippen LogP contribution in [0.3, 0.4) is 0 Å². The van der Waals surface area contributed by atoms with Gasteiger partial charge in [0.05, 0.1) is 9.81 Å². The Labute approximate surface area is 185 Å². The average Bonchev–Trinajstić information content (AvgIpc) is 2.70. The van der Waals surface area contributed by atoms with Crippen molar-refractivity contribution in [3.05, 3.63) is 86.7 Å². The summed E-state index contributed by atoms with van der Waals surface area (Å²) < 4.78 is 113. The first-order valence-corrected chi connectivity index (χ1v) is 11.2. The fraction of sp³-hybridized carbons (Fsp3) is 0.0526. The molecule has 0 unspecified atom stereocenters. The number of nitriles is 2. The molecule has 0 aliphatic heterocycles. The molecule has 172 valence electrons. The van der Waals surface area contributed by atoms with Crippen LogP contribution in [0.5, 0.6) is 5.75 Å². The van der Waals surface area contributed by atoms with Crippen molar-refractivity contribution in [3.63, 3.8) is 0 Å². The summed E-state index contributed by atoms with van der Waals surface area (Å²) in [6.45, 7) is 3.36. The zero-order valence-electron chi connectivity index (χ0n) is 16.1. The highest BCUT2D eigenvalue weighted by atomic mass is 32.2. The third kappa shape index (κ3) is 5.76. The number of hydrogen-bond donors (Lipinski definition) is 2. The Morgan fingerprint density at radius 3 is 1.91 bits per heavy atom. The summed E-state index contributed by atoms with van der Waals surface area (Å²) in [5.41, 5.74) is -2.75. The second kappa shape index (κ2) is 9.43. The smallest absolute Gasteiger partial charge is 0.294 e. The monoisotopic (exact) mass is 500 g/mol. The fourth-order valence-electron chi connectivity index (χ4n) is 2.46. The first-order valence-electron chi connectivity index (χ1n) is 8.33. The minimum atomic E-state index is -5.03. The predicted octanol–water partition coefficient (Wildman–Crippen LogP) is 3.17. The quantitative estimate of drug-likeness (QED) is 0.466. The van der Waals surface area contributed by atoms with E-state index in [0.717, 1.165) is 24.3 Å². The van der Waals surface area contributed by atoms with Crippen LogP contribution in [0.25, 0.3) is 0 Å². The molecule has 1 aromatic carbocycles. The summed E-state index contributed by atoms with van der Waals surface area (Å²) in [5, 5.41) is 17.8. The number of rotatable bonds is 4. The van der Waals surface area contributed by atoms with Crippen LogP contribution in [0, 0.1) is 40.1 Å². The highest BCUT2D eigenvalue weighted by Gasteiger charge is 2.28. The lowest BCUT2D eigenvalue weighted by molar-refractivity contribution is 0.348. The Bertz CT molecular complexity index is 1470. The van der Waals surface area contributed by atoms with E-state index in [1.54, 1.807) is 0 Å². The van der Waals surface area contributed by atoms with Crippen LogP contribution in [0.15, 0.2) is 58.1 Å². The molecule has 1 aliphatic rings. The molecule has 14 heteroatoms. The van der Waals surface area contributed by atoms with E-state index in [9.17, 15) is 39.1 Å². The molecule has 0 atom stereocenters. The van der Waals surface area contributed by atoms with E-state index < -0.39 is 76.6 Å². The lowest BCUT2D eigenvalue weighted by Crippen LogP contribution is -2.09. The fourth-order valence-corrected chi connectivity index (χ4v) is 3.60. The van der Waals surface area contributed by atoms with Gasteiger partial charge >= 0.3 is 0 Å². The molecule has 0 saturated carbocycles. The van der Waals surface area contributed by atoms with E-state index in [1.807, 2.05) is 0 Å². The van der Waals surface area contributed by atoms with Crippen LogP contribution in [0.4, 0.5) is 13.2 Å². The number of halogens is 3. The summed E-state index contributed by atoms with van der Waals surface area (Å²) in [7, 11) is -9.85. The van der Waals surface area contributed by atoms with Crippen LogP contribution in [0.2, 0.25) is 0 Å². The first kappa shape index (κ1) is 25.6. The highest BCUT2D eigenvalue weighted by molar-refractivity contribution is 7.90.